The monoisotopic (exact) mass is 602 g/mol. The molecule has 0 N–H and O–H groups in total. The number of rotatable bonds is 3. The molecular formula is C44H26OS. The maximum atomic E-state index is 6.46. The predicted molar refractivity (Wildman–Crippen MR) is 198 cm³/mol. The second kappa shape index (κ2) is 9.90. The SMILES string of the molecule is c1ccc(-c2c3ccccc3c(-c3ccc(-c4cc5oc6ccccc6c5c5sc6ccccc6c45)cc3)c3ccccc23)cc1. The highest BCUT2D eigenvalue weighted by atomic mass is 32.1. The first-order valence-corrected chi connectivity index (χ1v) is 16.5. The van der Waals surface area contributed by atoms with Crippen molar-refractivity contribution in [2.45, 2.75) is 0 Å². The molecule has 0 aliphatic carbocycles. The lowest BCUT2D eigenvalue weighted by Crippen LogP contribution is -1.90. The van der Waals surface area contributed by atoms with E-state index < -0.39 is 0 Å². The third-order valence-corrected chi connectivity index (χ3v) is 10.7. The van der Waals surface area contributed by atoms with Crippen LogP contribution in [-0.4, -0.2) is 0 Å². The minimum atomic E-state index is 0.932. The third-order valence-electron chi connectivity index (χ3n) is 9.47. The smallest absolute Gasteiger partial charge is 0.137 e. The molecule has 1 nitrogen and oxygen atoms in total. The zero-order chi connectivity index (χ0) is 30.2. The molecule has 0 radical (unpaired) electrons. The lowest BCUT2D eigenvalue weighted by molar-refractivity contribution is 0.669. The Morgan fingerprint density at radius 3 is 1.52 bits per heavy atom. The van der Waals surface area contributed by atoms with Crippen LogP contribution in [0.2, 0.25) is 0 Å². The van der Waals surface area contributed by atoms with E-state index in [2.05, 4.69) is 152 Å². The van der Waals surface area contributed by atoms with Crippen LogP contribution in [0.25, 0.3) is 97.0 Å². The Morgan fingerprint density at radius 1 is 0.370 bits per heavy atom. The predicted octanol–water partition coefficient (Wildman–Crippen LogP) is 13.3. The van der Waals surface area contributed by atoms with Crippen LogP contribution in [0.4, 0.5) is 0 Å². The van der Waals surface area contributed by atoms with Gasteiger partial charge in [0.05, 0.1) is 0 Å². The van der Waals surface area contributed by atoms with Gasteiger partial charge in [-0.1, -0.05) is 140 Å². The Morgan fingerprint density at radius 2 is 0.870 bits per heavy atom. The van der Waals surface area contributed by atoms with E-state index in [1.165, 1.54) is 85.9 Å². The summed E-state index contributed by atoms with van der Waals surface area (Å²) in [5, 5.41) is 10.1. The number of fused-ring (bicyclic) bond motifs is 9. The number of furan rings is 1. The van der Waals surface area contributed by atoms with E-state index in [-0.39, 0.29) is 0 Å². The van der Waals surface area contributed by atoms with Crippen molar-refractivity contribution in [3.05, 3.63) is 158 Å². The highest BCUT2D eigenvalue weighted by molar-refractivity contribution is 7.27. The average molecular weight is 603 g/mol. The summed E-state index contributed by atoms with van der Waals surface area (Å²) in [7, 11) is 0. The summed E-state index contributed by atoms with van der Waals surface area (Å²) in [6.45, 7) is 0. The zero-order valence-electron chi connectivity index (χ0n) is 24.8. The van der Waals surface area contributed by atoms with Crippen LogP contribution >= 0.6 is 11.3 Å². The van der Waals surface area contributed by atoms with Crippen molar-refractivity contribution in [2.24, 2.45) is 0 Å². The van der Waals surface area contributed by atoms with Gasteiger partial charge in [0.25, 0.3) is 0 Å². The summed E-state index contributed by atoms with van der Waals surface area (Å²) in [6, 6.07) is 57.1. The molecule has 0 saturated heterocycles. The number of hydrogen-bond acceptors (Lipinski definition) is 2. The van der Waals surface area contributed by atoms with Crippen LogP contribution in [0.3, 0.4) is 0 Å². The molecule has 10 aromatic rings. The van der Waals surface area contributed by atoms with Gasteiger partial charge in [-0.3, -0.25) is 0 Å². The van der Waals surface area contributed by atoms with Gasteiger partial charge in [0.1, 0.15) is 11.2 Å². The molecule has 214 valence electrons. The number of hydrogen-bond donors (Lipinski definition) is 0. The van der Waals surface area contributed by atoms with E-state index in [4.69, 9.17) is 4.42 Å². The summed E-state index contributed by atoms with van der Waals surface area (Å²) in [5.41, 5.74) is 9.29. The van der Waals surface area contributed by atoms with E-state index in [9.17, 15) is 0 Å². The number of para-hydroxylation sites is 1. The Balaban J connectivity index is 1.22. The molecule has 0 bridgehead atoms. The maximum Gasteiger partial charge on any atom is 0.137 e. The highest BCUT2D eigenvalue weighted by Gasteiger charge is 2.20. The van der Waals surface area contributed by atoms with Crippen LogP contribution in [0.5, 0.6) is 0 Å². The van der Waals surface area contributed by atoms with E-state index in [0.717, 1.165) is 11.2 Å². The van der Waals surface area contributed by atoms with Crippen LogP contribution in [0.15, 0.2) is 162 Å². The number of benzene rings is 8. The first-order valence-electron chi connectivity index (χ1n) is 15.7. The van der Waals surface area contributed by atoms with Gasteiger partial charge in [-0.25, -0.2) is 0 Å². The van der Waals surface area contributed by atoms with Crippen LogP contribution in [0.1, 0.15) is 0 Å². The van der Waals surface area contributed by atoms with Gasteiger partial charge in [-0.15, -0.1) is 11.3 Å². The molecule has 10 rings (SSSR count). The Labute approximate surface area is 269 Å². The van der Waals surface area contributed by atoms with Crippen molar-refractivity contribution in [1.29, 1.82) is 0 Å². The molecule has 2 aromatic heterocycles. The average Bonchev–Trinajstić information content (AvgIpc) is 3.69. The van der Waals surface area contributed by atoms with Gasteiger partial charge >= 0.3 is 0 Å². The topological polar surface area (TPSA) is 13.1 Å². The Hall–Kier alpha value is -5.70. The van der Waals surface area contributed by atoms with Gasteiger partial charge in [0, 0.05) is 30.9 Å². The summed E-state index contributed by atoms with van der Waals surface area (Å²) in [4.78, 5) is 0. The second-order valence-electron chi connectivity index (χ2n) is 12.0. The molecule has 0 aliphatic heterocycles. The third kappa shape index (κ3) is 3.68. The fraction of sp³-hybridized carbons (Fsp3) is 0. The lowest BCUT2D eigenvalue weighted by Gasteiger charge is -2.18. The minimum Gasteiger partial charge on any atom is -0.456 e. The molecule has 0 atom stereocenters. The number of thiophene rings is 1. The van der Waals surface area contributed by atoms with Crippen molar-refractivity contribution in [2.75, 3.05) is 0 Å². The van der Waals surface area contributed by atoms with Crippen molar-refractivity contribution in [3.63, 3.8) is 0 Å². The molecule has 2 heterocycles. The normalized spacial score (nSPS) is 11.9. The molecule has 2 heteroatoms. The highest BCUT2D eigenvalue weighted by Crippen LogP contribution is 2.48. The quantitative estimate of drug-likeness (QED) is 0.183. The Bertz CT molecular complexity index is 2730. The van der Waals surface area contributed by atoms with Crippen LogP contribution < -0.4 is 0 Å². The summed E-state index contributed by atoms with van der Waals surface area (Å²) >= 11 is 1.86. The van der Waals surface area contributed by atoms with E-state index in [1.54, 1.807) is 0 Å². The summed E-state index contributed by atoms with van der Waals surface area (Å²) in [6.07, 6.45) is 0. The van der Waals surface area contributed by atoms with E-state index >= 15 is 0 Å². The van der Waals surface area contributed by atoms with Gasteiger partial charge in [0.2, 0.25) is 0 Å². The zero-order valence-corrected chi connectivity index (χ0v) is 25.6. The first-order chi connectivity index (χ1) is 22.8. The van der Waals surface area contributed by atoms with Gasteiger partial charge in [-0.2, -0.15) is 0 Å². The van der Waals surface area contributed by atoms with Gasteiger partial charge in [0.15, 0.2) is 0 Å². The lowest BCUT2D eigenvalue weighted by atomic mass is 9.85. The first kappa shape index (κ1) is 25.6. The van der Waals surface area contributed by atoms with Gasteiger partial charge in [-0.05, 0) is 73.1 Å². The molecule has 0 spiro atoms. The molecule has 0 amide bonds. The van der Waals surface area contributed by atoms with Crippen LogP contribution in [0, 0.1) is 0 Å². The molecule has 8 aromatic carbocycles. The fourth-order valence-corrected chi connectivity index (χ4v) is 8.77. The van der Waals surface area contributed by atoms with Crippen molar-refractivity contribution < 1.29 is 4.42 Å². The van der Waals surface area contributed by atoms with Crippen molar-refractivity contribution >= 4 is 75.0 Å². The standard InChI is InChI=1S/C44H26OS/c1-2-12-28(13-3-1)40-30-14-4-6-16-32(30)41(33-17-7-5-15-31(33)40)29-24-22-27(23-25-29)36-26-38-43(34-18-8-10-20-37(34)45-38)44-42(36)35-19-9-11-21-39(35)46-44/h1-26H. The molecule has 46 heavy (non-hydrogen) atoms. The largest absolute Gasteiger partial charge is 0.456 e. The van der Waals surface area contributed by atoms with E-state index in [0.29, 0.717) is 0 Å². The van der Waals surface area contributed by atoms with Crippen LogP contribution in [-0.2, 0) is 0 Å². The fourth-order valence-electron chi connectivity index (χ4n) is 7.49. The second-order valence-corrected chi connectivity index (χ2v) is 13.0. The summed E-state index contributed by atoms with van der Waals surface area (Å²) < 4.78 is 9.05. The van der Waals surface area contributed by atoms with Gasteiger partial charge < -0.3 is 4.42 Å². The molecule has 0 fully saturated rings. The summed E-state index contributed by atoms with van der Waals surface area (Å²) in [5.74, 6) is 0. The Kier molecular flexibility index (Phi) is 5.51. The molecule has 0 aliphatic rings. The maximum absolute atomic E-state index is 6.46. The van der Waals surface area contributed by atoms with Crippen molar-refractivity contribution in [1.82, 2.24) is 0 Å². The minimum absolute atomic E-state index is 0.932. The molecule has 0 saturated carbocycles. The van der Waals surface area contributed by atoms with E-state index in [1.807, 2.05) is 17.4 Å². The molecule has 0 unspecified atom stereocenters. The van der Waals surface area contributed by atoms with Crippen molar-refractivity contribution in [3.8, 4) is 33.4 Å². The molecular weight excluding hydrogens is 577 g/mol.